The highest BCUT2D eigenvalue weighted by Crippen LogP contribution is 2.19. The van der Waals surface area contributed by atoms with E-state index in [-0.39, 0.29) is 10.6 Å². The van der Waals surface area contributed by atoms with Crippen LogP contribution in [0, 0.1) is 22.7 Å². The predicted molar refractivity (Wildman–Crippen MR) is 71.0 cm³/mol. The van der Waals surface area contributed by atoms with Gasteiger partial charge in [0.1, 0.15) is 12.1 Å². The number of hydrazone groups is 1. The number of nitriles is 2. The number of hydrogen-bond donors (Lipinski definition) is 1. The lowest BCUT2D eigenvalue weighted by Gasteiger charge is -2.09. The van der Waals surface area contributed by atoms with Gasteiger partial charge in [-0.25, -0.2) is 8.42 Å². The van der Waals surface area contributed by atoms with Crippen LogP contribution in [0.15, 0.2) is 34.3 Å². The molecule has 1 aromatic rings. The molecule has 1 rings (SSSR count). The van der Waals surface area contributed by atoms with Crippen LogP contribution in [0.5, 0.6) is 0 Å². The molecule has 0 unspecified atom stereocenters. The summed E-state index contributed by atoms with van der Waals surface area (Å²) in [5.41, 5.74) is 2.53. The van der Waals surface area contributed by atoms with Gasteiger partial charge in [0.15, 0.2) is 9.84 Å². The van der Waals surface area contributed by atoms with Gasteiger partial charge in [0.2, 0.25) is 5.71 Å². The SMILES string of the molecule is CC(C)S(=O)(=O)c1cccc(NN=C(C#N)C#N)c1. The van der Waals surface area contributed by atoms with Gasteiger partial charge in [-0.15, -0.1) is 0 Å². The van der Waals surface area contributed by atoms with Crippen molar-refractivity contribution in [3.63, 3.8) is 0 Å². The molecule has 0 radical (unpaired) electrons. The van der Waals surface area contributed by atoms with Crippen LogP contribution in [-0.2, 0) is 9.84 Å². The van der Waals surface area contributed by atoms with Gasteiger partial charge in [-0.1, -0.05) is 6.07 Å². The van der Waals surface area contributed by atoms with E-state index in [1.807, 2.05) is 0 Å². The molecule has 0 saturated carbocycles. The molecular weight excluding hydrogens is 264 g/mol. The van der Waals surface area contributed by atoms with Crippen molar-refractivity contribution >= 4 is 21.2 Å². The lowest BCUT2D eigenvalue weighted by atomic mass is 10.3. The summed E-state index contributed by atoms with van der Waals surface area (Å²) in [6.07, 6.45) is 0. The summed E-state index contributed by atoms with van der Waals surface area (Å²) >= 11 is 0. The van der Waals surface area contributed by atoms with E-state index in [0.29, 0.717) is 5.69 Å². The minimum Gasteiger partial charge on any atom is -0.276 e. The number of nitrogens with one attached hydrogen (secondary N) is 1. The number of rotatable bonds is 4. The molecule has 0 aromatic heterocycles. The summed E-state index contributed by atoms with van der Waals surface area (Å²) in [5, 5.41) is 20.1. The van der Waals surface area contributed by atoms with Crippen LogP contribution >= 0.6 is 0 Å². The van der Waals surface area contributed by atoms with Gasteiger partial charge < -0.3 is 0 Å². The second-order valence-electron chi connectivity index (χ2n) is 3.92. The first-order chi connectivity index (χ1) is 8.91. The van der Waals surface area contributed by atoms with Gasteiger partial charge in [-0.05, 0) is 32.0 Å². The van der Waals surface area contributed by atoms with Crippen molar-refractivity contribution in [2.45, 2.75) is 24.0 Å². The monoisotopic (exact) mass is 276 g/mol. The fraction of sp³-hybridized carbons (Fsp3) is 0.250. The quantitative estimate of drug-likeness (QED) is 0.665. The smallest absolute Gasteiger partial charge is 0.237 e. The molecule has 0 atom stereocenters. The average molecular weight is 276 g/mol. The fourth-order valence-electron chi connectivity index (χ4n) is 1.21. The molecule has 0 heterocycles. The second-order valence-corrected chi connectivity index (χ2v) is 6.42. The highest BCUT2D eigenvalue weighted by Gasteiger charge is 2.19. The molecular formula is C12H12N4O2S. The van der Waals surface area contributed by atoms with Crippen molar-refractivity contribution in [3.8, 4) is 12.1 Å². The predicted octanol–water partition coefficient (Wildman–Crippen LogP) is 1.68. The molecule has 1 N–H and O–H groups in total. The Morgan fingerprint density at radius 1 is 1.32 bits per heavy atom. The molecule has 0 spiro atoms. The first-order valence-corrected chi connectivity index (χ1v) is 6.94. The minimum atomic E-state index is -3.37. The highest BCUT2D eigenvalue weighted by atomic mass is 32.2. The molecule has 19 heavy (non-hydrogen) atoms. The van der Waals surface area contributed by atoms with Crippen molar-refractivity contribution in [1.29, 1.82) is 10.5 Å². The summed E-state index contributed by atoms with van der Waals surface area (Å²) in [6, 6.07) is 9.23. The van der Waals surface area contributed by atoms with Crippen LogP contribution in [0.1, 0.15) is 13.8 Å². The third-order valence-corrected chi connectivity index (χ3v) is 4.44. The van der Waals surface area contributed by atoms with E-state index in [4.69, 9.17) is 10.5 Å². The van der Waals surface area contributed by atoms with Crippen molar-refractivity contribution in [2.24, 2.45) is 5.10 Å². The molecule has 0 fully saturated rings. The molecule has 0 aliphatic heterocycles. The van der Waals surface area contributed by atoms with Crippen molar-refractivity contribution in [1.82, 2.24) is 0 Å². The number of anilines is 1. The van der Waals surface area contributed by atoms with Crippen LogP contribution in [0.4, 0.5) is 5.69 Å². The van der Waals surface area contributed by atoms with E-state index in [0.717, 1.165) is 0 Å². The Labute approximate surface area is 111 Å². The Morgan fingerprint density at radius 3 is 2.47 bits per heavy atom. The Bertz CT molecular complexity index is 662. The van der Waals surface area contributed by atoms with Gasteiger partial charge in [-0.3, -0.25) is 5.43 Å². The molecule has 6 nitrogen and oxygen atoms in total. The fourth-order valence-corrected chi connectivity index (χ4v) is 2.31. The van der Waals surface area contributed by atoms with E-state index in [2.05, 4.69) is 10.5 Å². The van der Waals surface area contributed by atoms with Gasteiger partial charge in [0.25, 0.3) is 0 Å². The van der Waals surface area contributed by atoms with Gasteiger partial charge >= 0.3 is 0 Å². The minimum absolute atomic E-state index is 0.165. The summed E-state index contributed by atoms with van der Waals surface area (Å²) in [6.45, 7) is 3.19. The maximum absolute atomic E-state index is 12.0. The molecule has 0 bridgehead atoms. The van der Waals surface area contributed by atoms with Crippen LogP contribution in [0.2, 0.25) is 0 Å². The van der Waals surface area contributed by atoms with Crippen molar-refractivity contribution < 1.29 is 8.42 Å². The lowest BCUT2D eigenvalue weighted by molar-refractivity contribution is 0.587. The van der Waals surface area contributed by atoms with Crippen molar-refractivity contribution in [2.75, 3.05) is 5.43 Å². The standard InChI is InChI=1S/C12H12N4O2S/c1-9(2)19(17,18)12-5-3-4-10(6-12)15-16-11(7-13)8-14/h3-6,9,15H,1-2H3. The third kappa shape index (κ3) is 3.54. The van der Waals surface area contributed by atoms with Crippen molar-refractivity contribution in [3.05, 3.63) is 24.3 Å². The van der Waals surface area contributed by atoms with E-state index in [9.17, 15) is 8.42 Å². The molecule has 0 saturated heterocycles. The Balaban J connectivity index is 3.08. The first kappa shape index (κ1) is 14.7. The van der Waals surface area contributed by atoms with Gasteiger partial charge in [-0.2, -0.15) is 15.6 Å². The summed E-state index contributed by atoms with van der Waals surface area (Å²) in [7, 11) is -3.37. The van der Waals surface area contributed by atoms with Crippen LogP contribution < -0.4 is 5.43 Å². The Hall–Kier alpha value is -2.38. The number of hydrogen-bond acceptors (Lipinski definition) is 6. The van der Waals surface area contributed by atoms with E-state index >= 15 is 0 Å². The highest BCUT2D eigenvalue weighted by molar-refractivity contribution is 7.92. The van der Waals surface area contributed by atoms with Crippen LogP contribution in [0.3, 0.4) is 0 Å². The summed E-state index contributed by atoms with van der Waals surface area (Å²) in [4.78, 5) is 0.165. The van der Waals surface area contributed by atoms with E-state index in [1.165, 1.54) is 12.1 Å². The topological polar surface area (TPSA) is 106 Å². The maximum Gasteiger partial charge on any atom is 0.237 e. The summed E-state index contributed by atoms with van der Waals surface area (Å²) < 4.78 is 23.9. The van der Waals surface area contributed by atoms with Crippen LogP contribution in [0.25, 0.3) is 0 Å². The van der Waals surface area contributed by atoms with Gasteiger partial charge in [0.05, 0.1) is 15.8 Å². The first-order valence-electron chi connectivity index (χ1n) is 5.39. The molecule has 0 aliphatic rings. The number of sulfone groups is 1. The van der Waals surface area contributed by atoms with E-state index in [1.54, 1.807) is 38.1 Å². The normalized spacial score (nSPS) is 10.4. The lowest BCUT2D eigenvalue weighted by Crippen LogP contribution is -2.14. The zero-order valence-corrected chi connectivity index (χ0v) is 11.3. The Morgan fingerprint density at radius 2 is 1.95 bits per heavy atom. The molecule has 98 valence electrons. The number of benzene rings is 1. The zero-order chi connectivity index (χ0) is 14.5. The van der Waals surface area contributed by atoms with Gasteiger partial charge in [0, 0.05) is 0 Å². The average Bonchev–Trinajstić information content (AvgIpc) is 2.40. The Kier molecular flexibility index (Phi) is 4.62. The largest absolute Gasteiger partial charge is 0.276 e. The maximum atomic E-state index is 12.0. The second kappa shape index (κ2) is 5.98. The van der Waals surface area contributed by atoms with Crippen LogP contribution in [-0.4, -0.2) is 19.4 Å². The third-order valence-electron chi connectivity index (χ3n) is 2.29. The zero-order valence-electron chi connectivity index (χ0n) is 10.5. The molecule has 0 aliphatic carbocycles. The van der Waals surface area contributed by atoms with E-state index < -0.39 is 15.1 Å². The molecule has 1 aromatic carbocycles. The number of nitrogens with zero attached hydrogens (tertiary/aromatic N) is 3. The summed E-state index contributed by atoms with van der Waals surface area (Å²) in [5.74, 6) is 0. The molecule has 7 heteroatoms. The molecule has 0 amide bonds.